The lowest BCUT2D eigenvalue weighted by molar-refractivity contribution is -0.142. The van der Waals surface area contributed by atoms with Crippen LogP contribution in [0.3, 0.4) is 0 Å². The van der Waals surface area contributed by atoms with E-state index >= 15 is 0 Å². The number of nitrogens with zero attached hydrogens (tertiary/aromatic N) is 1. The molecule has 1 aromatic carbocycles. The van der Waals surface area contributed by atoms with Crippen molar-refractivity contribution >= 4 is 55.9 Å². The summed E-state index contributed by atoms with van der Waals surface area (Å²) in [5, 5.41) is 5.83. The van der Waals surface area contributed by atoms with E-state index in [0.717, 1.165) is 29.5 Å². The third-order valence-electron chi connectivity index (χ3n) is 4.70. The summed E-state index contributed by atoms with van der Waals surface area (Å²) in [4.78, 5) is 41.3. The molecule has 1 heterocycles. The van der Waals surface area contributed by atoms with Crippen LogP contribution in [0.25, 0.3) is 0 Å². The maximum Gasteiger partial charge on any atom is 0.325 e. The van der Waals surface area contributed by atoms with Crippen LogP contribution in [0, 0.1) is 5.92 Å². The summed E-state index contributed by atoms with van der Waals surface area (Å²) in [5.41, 5.74) is 1.57. The van der Waals surface area contributed by atoms with Crippen LogP contribution in [0.15, 0.2) is 28.2 Å². The first-order valence-corrected chi connectivity index (χ1v) is 11.1. The van der Waals surface area contributed by atoms with E-state index in [2.05, 4.69) is 31.5 Å². The molecule has 3 rings (SSSR count). The Labute approximate surface area is 181 Å². The Morgan fingerprint density at radius 3 is 2.66 bits per heavy atom. The number of esters is 1. The van der Waals surface area contributed by atoms with E-state index in [0.29, 0.717) is 21.9 Å². The number of benzene rings is 1. The number of anilines is 2. The smallest absolute Gasteiger partial charge is 0.325 e. The number of ether oxygens (including phenoxy) is 1. The van der Waals surface area contributed by atoms with E-state index in [1.54, 1.807) is 31.3 Å². The van der Waals surface area contributed by atoms with Crippen LogP contribution >= 0.6 is 27.3 Å². The molecule has 1 aliphatic rings. The van der Waals surface area contributed by atoms with Gasteiger partial charge >= 0.3 is 12.0 Å². The Bertz CT molecular complexity index is 909. The van der Waals surface area contributed by atoms with Crippen molar-refractivity contribution in [3.05, 3.63) is 39.3 Å². The Balaban J connectivity index is 1.78. The fourth-order valence-electron chi connectivity index (χ4n) is 3.38. The van der Waals surface area contributed by atoms with E-state index in [-0.39, 0.29) is 30.7 Å². The summed E-state index contributed by atoms with van der Waals surface area (Å²) >= 11 is 4.59. The van der Waals surface area contributed by atoms with Crippen molar-refractivity contribution in [3.63, 3.8) is 0 Å². The lowest BCUT2D eigenvalue weighted by Crippen LogP contribution is -2.21. The lowest BCUT2D eigenvalue weighted by Gasteiger charge is -2.15. The van der Waals surface area contributed by atoms with Crippen molar-refractivity contribution in [1.82, 2.24) is 4.98 Å². The van der Waals surface area contributed by atoms with Crippen LogP contribution in [-0.2, 0) is 16.0 Å². The standard InChI is InChI=1S/C20H22BrN3O4S/c1-2-28-17(25)9-13-7-8-14(10-15(13)18(26)12-5-3-4-6-12)23-19(27)24-20-22-11-16(21)29-20/h7-8,10-12H,2-6,9H2,1H3,(H2,22,23,24,27). The van der Waals surface area contributed by atoms with Crippen molar-refractivity contribution in [2.75, 3.05) is 17.2 Å². The highest BCUT2D eigenvalue weighted by atomic mass is 79.9. The fraction of sp³-hybridized carbons (Fsp3) is 0.400. The van der Waals surface area contributed by atoms with Crippen LogP contribution in [0.2, 0.25) is 0 Å². The summed E-state index contributed by atoms with van der Waals surface area (Å²) < 4.78 is 5.84. The lowest BCUT2D eigenvalue weighted by atomic mass is 9.91. The Kier molecular flexibility index (Phi) is 7.38. The normalized spacial score (nSPS) is 13.9. The van der Waals surface area contributed by atoms with Gasteiger partial charge in [0.25, 0.3) is 0 Å². The molecule has 0 saturated heterocycles. The number of urea groups is 1. The summed E-state index contributed by atoms with van der Waals surface area (Å²) in [6, 6.07) is 4.57. The number of carbonyl (C=O) groups is 3. The Morgan fingerprint density at radius 1 is 1.24 bits per heavy atom. The second-order valence-corrected chi connectivity index (χ2v) is 9.16. The van der Waals surface area contributed by atoms with Crippen molar-refractivity contribution in [1.29, 1.82) is 0 Å². The van der Waals surface area contributed by atoms with Gasteiger partial charge in [-0.25, -0.2) is 9.78 Å². The first kappa shape index (κ1) is 21.4. The number of carbonyl (C=O) groups excluding carboxylic acids is 3. The molecule has 9 heteroatoms. The van der Waals surface area contributed by atoms with Crippen LogP contribution < -0.4 is 10.6 Å². The fourth-order valence-corrected chi connectivity index (χ4v) is 4.49. The topological polar surface area (TPSA) is 97.4 Å². The molecule has 1 saturated carbocycles. The van der Waals surface area contributed by atoms with Gasteiger partial charge in [-0.15, -0.1) is 0 Å². The molecule has 0 unspecified atom stereocenters. The largest absolute Gasteiger partial charge is 0.466 e. The average molecular weight is 480 g/mol. The minimum atomic E-state index is -0.454. The van der Waals surface area contributed by atoms with Gasteiger partial charge in [-0.3, -0.25) is 14.9 Å². The molecule has 0 aliphatic heterocycles. The molecule has 2 amide bonds. The molecule has 0 atom stereocenters. The molecule has 0 radical (unpaired) electrons. The number of halogens is 1. The van der Waals surface area contributed by atoms with Gasteiger partial charge in [-0.2, -0.15) is 0 Å². The molecule has 2 N–H and O–H groups in total. The van der Waals surface area contributed by atoms with Gasteiger partial charge in [-0.05, 0) is 53.4 Å². The second kappa shape index (κ2) is 9.98. The molecule has 2 aromatic rings. The maximum atomic E-state index is 13.0. The minimum Gasteiger partial charge on any atom is -0.466 e. The number of aromatic nitrogens is 1. The highest BCUT2D eigenvalue weighted by Crippen LogP contribution is 2.30. The van der Waals surface area contributed by atoms with Crippen molar-refractivity contribution < 1.29 is 19.1 Å². The first-order chi connectivity index (χ1) is 14.0. The van der Waals surface area contributed by atoms with Gasteiger partial charge in [0.15, 0.2) is 10.9 Å². The first-order valence-electron chi connectivity index (χ1n) is 9.48. The van der Waals surface area contributed by atoms with Crippen molar-refractivity contribution in [2.24, 2.45) is 5.92 Å². The van der Waals surface area contributed by atoms with E-state index in [1.165, 1.54) is 11.3 Å². The van der Waals surface area contributed by atoms with Gasteiger partial charge in [0, 0.05) is 17.2 Å². The van der Waals surface area contributed by atoms with Gasteiger partial charge < -0.3 is 10.1 Å². The molecule has 1 aliphatic carbocycles. The van der Waals surface area contributed by atoms with Crippen molar-refractivity contribution in [3.8, 4) is 0 Å². The third-order valence-corrected chi connectivity index (χ3v) is 6.09. The summed E-state index contributed by atoms with van der Waals surface area (Å²) in [6.07, 6.45) is 5.41. The zero-order valence-electron chi connectivity index (χ0n) is 16.0. The monoisotopic (exact) mass is 479 g/mol. The summed E-state index contributed by atoms with van der Waals surface area (Å²) in [5.74, 6) is -0.386. The predicted octanol–water partition coefficient (Wildman–Crippen LogP) is 5.03. The zero-order chi connectivity index (χ0) is 20.8. The number of nitrogens with one attached hydrogen (secondary N) is 2. The molecule has 0 spiro atoms. The Morgan fingerprint density at radius 2 is 2.00 bits per heavy atom. The number of thiazole rings is 1. The quantitative estimate of drug-likeness (QED) is 0.428. The molecular weight excluding hydrogens is 458 g/mol. The molecular formula is C20H22BrN3O4S. The zero-order valence-corrected chi connectivity index (χ0v) is 18.4. The number of amides is 2. The van der Waals surface area contributed by atoms with Crippen molar-refractivity contribution in [2.45, 2.75) is 39.0 Å². The molecule has 0 bridgehead atoms. The molecule has 1 fully saturated rings. The van der Waals surface area contributed by atoms with E-state index in [9.17, 15) is 14.4 Å². The maximum absolute atomic E-state index is 13.0. The van der Waals surface area contributed by atoms with Gasteiger partial charge in [0.2, 0.25) is 0 Å². The van der Waals surface area contributed by atoms with Gasteiger partial charge in [-0.1, -0.05) is 30.2 Å². The molecule has 7 nitrogen and oxygen atoms in total. The van der Waals surface area contributed by atoms with E-state index in [1.807, 2.05) is 0 Å². The van der Waals surface area contributed by atoms with E-state index in [4.69, 9.17) is 4.74 Å². The van der Waals surface area contributed by atoms with Crippen LogP contribution in [0.4, 0.5) is 15.6 Å². The van der Waals surface area contributed by atoms with Crippen LogP contribution in [0.5, 0.6) is 0 Å². The number of rotatable bonds is 7. The molecule has 29 heavy (non-hydrogen) atoms. The third kappa shape index (κ3) is 5.86. The summed E-state index contributed by atoms with van der Waals surface area (Å²) in [7, 11) is 0. The SMILES string of the molecule is CCOC(=O)Cc1ccc(NC(=O)Nc2ncc(Br)s2)cc1C(=O)C1CCCC1. The van der Waals surface area contributed by atoms with Crippen LogP contribution in [0.1, 0.15) is 48.5 Å². The second-order valence-electron chi connectivity index (χ2n) is 6.75. The van der Waals surface area contributed by atoms with Crippen LogP contribution in [-0.4, -0.2) is 29.4 Å². The predicted molar refractivity (Wildman–Crippen MR) is 116 cm³/mol. The summed E-state index contributed by atoms with van der Waals surface area (Å²) in [6.45, 7) is 2.03. The minimum absolute atomic E-state index is 0.0229. The number of hydrogen-bond donors (Lipinski definition) is 2. The average Bonchev–Trinajstić information content (AvgIpc) is 3.34. The highest BCUT2D eigenvalue weighted by molar-refractivity contribution is 9.11. The molecule has 1 aromatic heterocycles. The highest BCUT2D eigenvalue weighted by Gasteiger charge is 2.26. The van der Waals surface area contributed by atoms with Gasteiger partial charge in [0.05, 0.1) is 23.0 Å². The van der Waals surface area contributed by atoms with E-state index < -0.39 is 6.03 Å². The Hall–Kier alpha value is -2.26. The van der Waals surface area contributed by atoms with Gasteiger partial charge in [0.1, 0.15) is 0 Å². The number of hydrogen-bond acceptors (Lipinski definition) is 6. The molecule has 154 valence electrons. The number of ketones is 1. The number of Topliss-reactive ketones (excluding diaryl/α,β-unsaturated/α-hetero) is 1.